The fourth-order valence-electron chi connectivity index (χ4n) is 3.38. The Morgan fingerprint density at radius 1 is 1.20 bits per heavy atom. The predicted molar refractivity (Wildman–Crippen MR) is 77.8 cm³/mol. The Hall–Kier alpha value is -1.29. The first-order valence-corrected chi connectivity index (χ1v) is 7.21. The molecule has 0 bridgehead atoms. The third-order valence-corrected chi connectivity index (χ3v) is 4.50. The molecular formula is C16H24FNO2. The van der Waals surface area contributed by atoms with E-state index < -0.39 is 0 Å². The van der Waals surface area contributed by atoms with Crippen LogP contribution in [0.25, 0.3) is 0 Å². The predicted octanol–water partition coefficient (Wildman–Crippen LogP) is 3.54. The van der Waals surface area contributed by atoms with Gasteiger partial charge in [0.1, 0.15) is 5.82 Å². The Morgan fingerprint density at radius 3 is 2.35 bits per heavy atom. The average molecular weight is 281 g/mol. The monoisotopic (exact) mass is 281 g/mol. The van der Waals surface area contributed by atoms with Crippen LogP contribution in [0.15, 0.2) is 12.1 Å². The summed E-state index contributed by atoms with van der Waals surface area (Å²) in [6.07, 6.45) is 3.58. The van der Waals surface area contributed by atoms with Crippen molar-refractivity contribution in [3.05, 3.63) is 23.5 Å². The summed E-state index contributed by atoms with van der Waals surface area (Å²) >= 11 is 0. The molecule has 1 fully saturated rings. The second-order valence-electron chi connectivity index (χ2n) is 5.57. The van der Waals surface area contributed by atoms with Gasteiger partial charge in [0.05, 0.1) is 14.2 Å². The van der Waals surface area contributed by atoms with E-state index in [9.17, 15) is 4.39 Å². The fraction of sp³-hybridized carbons (Fsp3) is 0.625. The normalized spacial score (nSPS) is 23.6. The molecule has 3 nitrogen and oxygen atoms in total. The molecule has 1 N–H and O–H groups in total. The highest BCUT2D eigenvalue weighted by molar-refractivity contribution is 5.45. The number of nitrogens with one attached hydrogen (secondary N) is 1. The maximum absolute atomic E-state index is 14.4. The van der Waals surface area contributed by atoms with Crippen LogP contribution < -0.4 is 14.8 Å². The standard InChI is InChI=1S/C16H24FNO2/c1-10-6-5-7-11(10)16(18-2)12-8-14(19-3)15(20-4)9-13(12)17/h8-11,16,18H,5-7H2,1-4H3. The summed E-state index contributed by atoms with van der Waals surface area (Å²) in [4.78, 5) is 0. The minimum atomic E-state index is -0.235. The Labute approximate surface area is 120 Å². The molecule has 3 unspecified atom stereocenters. The number of ether oxygens (including phenoxy) is 2. The highest BCUT2D eigenvalue weighted by Gasteiger charge is 2.33. The lowest BCUT2D eigenvalue weighted by atomic mass is 9.85. The zero-order valence-corrected chi connectivity index (χ0v) is 12.7. The van der Waals surface area contributed by atoms with E-state index in [1.807, 2.05) is 7.05 Å². The summed E-state index contributed by atoms with van der Waals surface area (Å²) in [5.41, 5.74) is 0.670. The molecule has 1 aromatic rings. The molecule has 0 spiro atoms. The minimum absolute atomic E-state index is 0.0207. The van der Waals surface area contributed by atoms with Gasteiger partial charge < -0.3 is 14.8 Å². The van der Waals surface area contributed by atoms with Crippen molar-refractivity contribution < 1.29 is 13.9 Å². The van der Waals surface area contributed by atoms with Gasteiger partial charge in [0, 0.05) is 17.7 Å². The molecule has 0 aromatic heterocycles. The van der Waals surface area contributed by atoms with Crippen molar-refractivity contribution in [2.75, 3.05) is 21.3 Å². The zero-order valence-electron chi connectivity index (χ0n) is 12.7. The van der Waals surface area contributed by atoms with Crippen LogP contribution in [-0.2, 0) is 0 Å². The van der Waals surface area contributed by atoms with Crippen molar-refractivity contribution in [3.63, 3.8) is 0 Å². The SMILES string of the molecule is CNC(c1cc(OC)c(OC)cc1F)C1CCCC1C. The van der Waals surface area contributed by atoms with Crippen LogP contribution >= 0.6 is 0 Å². The van der Waals surface area contributed by atoms with Gasteiger partial charge in [0.2, 0.25) is 0 Å². The van der Waals surface area contributed by atoms with E-state index in [1.54, 1.807) is 13.2 Å². The highest BCUT2D eigenvalue weighted by atomic mass is 19.1. The first kappa shape index (κ1) is 15.1. The van der Waals surface area contributed by atoms with Crippen LogP contribution in [0.1, 0.15) is 37.8 Å². The number of halogens is 1. The Balaban J connectivity index is 2.38. The lowest BCUT2D eigenvalue weighted by Gasteiger charge is -2.28. The lowest BCUT2D eigenvalue weighted by molar-refractivity contribution is 0.304. The summed E-state index contributed by atoms with van der Waals surface area (Å²) < 4.78 is 24.8. The molecule has 1 saturated carbocycles. The van der Waals surface area contributed by atoms with Gasteiger partial charge in [-0.25, -0.2) is 4.39 Å². The van der Waals surface area contributed by atoms with Gasteiger partial charge in [0.15, 0.2) is 11.5 Å². The van der Waals surface area contributed by atoms with Gasteiger partial charge >= 0.3 is 0 Å². The van der Waals surface area contributed by atoms with E-state index in [1.165, 1.54) is 26.0 Å². The number of benzene rings is 1. The number of rotatable bonds is 5. The molecule has 0 saturated heterocycles. The van der Waals surface area contributed by atoms with Crippen LogP contribution in [0.4, 0.5) is 4.39 Å². The second kappa shape index (κ2) is 6.44. The van der Waals surface area contributed by atoms with Crippen LogP contribution in [0.3, 0.4) is 0 Å². The Kier molecular flexibility index (Phi) is 4.86. The van der Waals surface area contributed by atoms with Crippen molar-refractivity contribution in [1.82, 2.24) is 5.32 Å². The molecular weight excluding hydrogens is 257 g/mol. The first-order valence-electron chi connectivity index (χ1n) is 7.21. The van der Waals surface area contributed by atoms with Crippen molar-refractivity contribution in [2.24, 2.45) is 11.8 Å². The maximum Gasteiger partial charge on any atom is 0.163 e. The molecule has 4 heteroatoms. The third-order valence-electron chi connectivity index (χ3n) is 4.50. The van der Waals surface area contributed by atoms with Crippen LogP contribution in [0.2, 0.25) is 0 Å². The second-order valence-corrected chi connectivity index (χ2v) is 5.57. The van der Waals surface area contributed by atoms with Crippen molar-refractivity contribution in [2.45, 2.75) is 32.2 Å². The first-order chi connectivity index (χ1) is 9.62. The van der Waals surface area contributed by atoms with Crippen LogP contribution in [-0.4, -0.2) is 21.3 Å². The quantitative estimate of drug-likeness (QED) is 0.895. The maximum atomic E-state index is 14.4. The van der Waals surface area contributed by atoms with E-state index in [2.05, 4.69) is 12.2 Å². The molecule has 3 atom stereocenters. The molecule has 112 valence electrons. The van der Waals surface area contributed by atoms with E-state index in [-0.39, 0.29) is 11.9 Å². The fourth-order valence-corrected chi connectivity index (χ4v) is 3.38. The average Bonchev–Trinajstić information content (AvgIpc) is 2.87. The molecule has 0 radical (unpaired) electrons. The van der Waals surface area contributed by atoms with Crippen molar-refractivity contribution >= 4 is 0 Å². The molecule has 1 aliphatic rings. The largest absolute Gasteiger partial charge is 0.493 e. The summed E-state index contributed by atoms with van der Waals surface area (Å²) in [6.45, 7) is 2.25. The summed E-state index contributed by atoms with van der Waals surface area (Å²) in [6, 6.07) is 3.20. The van der Waals surface area contributed by atoms with Crippen LogP contribution in [0.5, 0.6) is 11.5 Å². The van der Waals surface area contributed by atoms with Crippen molar-refractivity contribution in [3.8, 4) is 11.5 Å². The van der Waals surface area contributed by atoms with Gasteiger partial charge in [0.25, 0.3) is 0 Å². The van der Waals surface area contributed by atoms with Crippen LogP contribution in [0, 0.1) is 17.7 Å². The Bertz CT molecular complexity index is 464. The summed E-state index contributed by atoms with van der Waals surface area (Å²) in [5.74, 6) is 1.85. The topological polar surface area (TPSA) is 30.5 Å². The molecule has 1 aliphatic carbocycles. The van der Waals surface area contributed by atoms with E-state index >= 15 is 0 Å². The van der Waals surface area contributed by atoms with Gasteiger partial charge in [-0.2, -0.15) is 0 Å². The number of methoxy groups -OCH3 is 2. The van der Waals surface area contributed by atoms with E-state index in [0.717, 1.165) is 6.42 Å². The smallest absolute Gasteiger partial charge is 0.163 e. The summed E-state index contributed by atoms with van der Waals surface area (Å²) in [5, 5.41) is 3.28. The lowest BCUT2D eigenvalue weighted by Crippen LogP contribution is -2.27. The molecule has 20 heavy (non-hydrogen) atoms. The van der Waals surface area contributed by atoms with E-state index in [0.29, 0.717) is 28.9 Å². The van der Waals surface area contributed by atoms with Gasteiger partial charge in [-0.1, -0.05) is 19.8 Å². The Morgan fingerprint density at radius 2 is 1.85 bits per heavy atom. The minimum Gasteiger partial charge on any atom is -0.493 e. The molecule has 0 amide bonds. The zero-order chi connectivity index (χ0) is 14.7. The third kappa shape index (κ3) is 2.75. The van der Waals surface area contributed by atoms with Gasteiger partial charge in [-0.05, 0) is 31.4 Å². The van der Waals surface area contributed by atoms with Crippen molar-refractivity contribution in [1.29, 1.82) is 0 Å². The molecule has 1 aromatic carbocycles. The highest BCUT2D eigenvalue weighted by Crippen LogP contribution is 2.42. The molecule has 0 heterocycles. The van der Waals surface area contributed by atoms with Gasteiger partial charge in [-0.3, -0.25) is 0 Å². The number of hydrogen-bond acceptors (Lipinski definition) is 3. The molecule has 2 rings (SSSR count). The summed E-state index contributed by atoms with van der Waals surface area (Å²) in [7, 11) is 4.99. The molecule has 0 aliphatic heterocycles. The number of hydrogen-bond donors (Lipinski definition) is 1. The van der Waals surface area contributed by atoms with Gasteiger partial charge in [-0.15, -0.1) is 0 Å². The van der Waals surface area contributed by atoms with E-state index in [4.69, 9.17) is 9.47 Å².